The van der Waals surface area contributed by atoms with Crippen LogP contribution in [0.25, 0.3) is 5.52 Å². The molecule has 1 fully saturated rings. The van der Waals surface area contributed by atoms with Crippen molar-refractivity contribution in [3.8, 4) is 0 Å². The molecule has 3 N–H and O–H groups in total. The van der Waals surface area contributed by atoms with Crippen LogP contribution in [0.4, 0.5) is 10.7 Å². The fourth-order valence-corrected chi connectivity index (χ4v) is 2.40. The van der Waals surface area contributed by atoms with Crippen LogP contribution in [0.2, 0.25) is 0 Å². The average Bonchev–Trinajstić information content (AvgIpc) is 2.93. The maximum atomic E-state index is 11.5. The van der Waals surface area contributed by atoms with Crippen molar-refractivity contribution in [3.05, 3.63) is 22.6 Å². The summed E-state index contributed by atoms with van der Waals surface area (Å²) in [4.78, 5) is 23.9. The van der Waals surface area contributed by atoms with Crippen LogP contribution in [-0.4, -0.2) is 55.0 Å². The number of anilines is 1. The van der Waals surface area contributed by atoms with Gasteiger partial charge in [0, 0.05) is 19.1 Å². The predicted octanol–water partition coefficient (Wildman–Crippen LogP) is -0.0281. The standard InChI is InChI=1S/C11H14N6O3/c18-9-8-3-4-12-17(8)10(15-14-9)13-7-2-1-5-16(6-7)11(19)20/h3-4,7H,1-2,5-6H2,(H,13,15)(H,14,18)(H,19,20). The summed E-state index contributed by atoms with van der Waals surface area (Å²) in [5.74, 6) is 0.404. The van der Waals surface area contributed by atoms with Crippen LogP contribution in [0.3, 0.4) is 0 Å². The number of hydrogen-bond acceptors (Lipinski definition) is 5. The summed E-state index contributed by atoms with van der Waals surface area (Å²) in [7, 11) is 0. The minimum absolute atomic E-state index is 0.0503. The zero-order valence-electron chi connectivity index (χ0n) is 10.6. The van der Waals surface area contributed by atoms with Gasteiger partial charge in [-0.05, 0) is 18.9 Å². The first-order chi connectivity index (χ1) is 9.65. The summed E-state index contributed by atoms with van der Waals surface area (Å²) in [5, 5.41) is 22.5. The van der Waals surface area contributed by atoms with Gasteiger partial charge < -0.3 is 15.3 Å². The second-order valence-electron chi connectivity index (χ2n) is 4.72. The lowest BCUT2D eigenvalue weighted by Gasteiger charge is -2.31. The number of fused-ring (bicyclic) bond motifs is 1. The van der Waals surface area contributed by atoms with E-state index in [4.69, 9.17) is 5.11 Å². The Labute approximate surface area is 113 Å². The molecule has 1 unspecified atom stereocenters. The van der Waals surface area contributed by atoms with Crippen molar-refractivity contribution >= 4 is 17.6 Å². The molecule has 3 heterocycles. The highest BCUT2D eigenvalue weighted by Crippen LogP contribution is 2.14. The Morgan fingerprint density at radius 2 is 2.40 bits per heavy atom. The number of nitrogens with one attached hydrogen (secondary N) is 2. The van der Waals surface area contributed by atoms with Gasteiger partial charge in [0.2, 0.25) is 5.95 Å². The Morgan fingerprint density at radius 3 is 3.20 bits per heavy atom. The van der Waals surface area contributed by atoms with Gasteiger partial charge in [0.25, 0.3) is 5.56 Å². The molecule has 9 nitrogen and oxygen atoms in total. The van der Waals surface area contributed by atoms with Crippen LogP contribution in [-0.2, 0) is 0 Å². The van der Waals surface area contributed by atoms with Gasteiger partial charge in [0.1, 0.15) is 5.52 Å². The van der Waals surface area contributed by atoms with Crippen molar-refractivity contribution in [1.29, 1.82) is 0 Å². The smallest absolute Gasteiger partial charge is 0.407 e. The van der Waals surface area contributed by atoms with E-state index in [1.165, 1.54) is 15.6 Å². The van der Waals surface area contributed by atoms with Crippen molar-refractivity contribution in [3.63, 3.8) is 0 Å². The molecular formula is C11H14N6O3. The second-order valence-corrected chi connectivity index (χ2v) is 4.72. The lowest BCUT2D eigenvalue weighted by molar-refractivity contribution is 0.132. The van der Waals surface area contributed by atoms with E-state index >= 15 is 0 Å². The third kappa shape index (κ3) is 2.17. The number of nitrogens with zero attached hydrogens (tertiary/aromatic N) is 4. The quantitative estimate of drug-likeness (QED) is 0.710. The minimum atomic E-state index is -0.921. The average molecular weight is 278 g/mol. The molecule has 1 saturated heterocycles. The van der Waals surface area contributed by atoms with E-state index in [0.29, 0.717) is 24.6 Å². The highest BCUT2D eigenvalue weighted by atomic mass is 16.4. The van der Waals surface area contributed by atoms with Crippen molar-refractivity contribution in [2.45, 2.75) is 18.9 Å². The van der Waals surface area contributed by atoms with Gasteiger partial charge in [-0.1, -0.05) is 0 Å². The highest BCUT2D eigenvalue weighted by Gasteiger charge is 2.24. The third-order valence-electron chi connectivity index (χ3n) is 3.36. The Kier molecular flexibility index (Phi) is 3.01. The Bertz CT molecular complexity index is 693. The first kappa shape index (κ1) is 12.5. The Hall–Kier alpha value is -2.58. The van der Waals surface area contributed by atoms with Gasteiger partial charge in [0.15, 0.2) is 0 Å². The number of carbonyl (C=O) groups is 1. The molecule has 0 aliphatic carbocycles. The number of piperidine rings is 1. The highest BCUT2D eigenvalue weighted by molar-refractivity contribution is 5.65. The van der Waals surface area contributed by atoms with Crippen LogP contribution in [0.1, 0.15) is 12.8 Å². The van der Waals surface area contributed by atoms with Crippen molar-refractivity contribution in [1.82, 2.24) is 24.7 Å². The number of carboxylic acid groups (broad SMARTS) is 1. The molecule has 1 aliphatic heterocycles. The first-order valence-electron chi connectivity index (χ1n) is 6.32. The maximum Gasteiger partial charge on any atom is 0.407 e. The van der Waals surface area contributed by atoms with Gasteiger partial charge in [-0.2, -0.15) is 9.61 Å². The summed E-state index contributed by atoms with van der Waals surface area (Å²) >= 11 is 0. The fraction of sp³-hybridized carbons (Fsp3) is 0.455. The zero-order chi connectivity index (χ0) is 14.1. The lowest BCUT2D eigenvalue weighted by atomic mass is 10.1. The van der Waals surface area contributed by atoms with E-state index < -0.39 is 6.09 Å². The molecule has 2 aromatic heterocycles. The molecule has 1 amide bonds. The molecule has 0 aromatic carbocycles. The fourth-order valence-electron chi connectivity index (χ4n) is 2.40. The van der Waals surface area contributed by atoms with Crippen LogP contribution >= 0.6 is 0 Å². The van der Waals surface area contributed by atoms with E-state index in [0.717, 1.165) is 12.8 Å². The lowest BCUT2D eigenvalue weighted by Crippen LogP contribution is -2.45. The van der Waals surface area contributed by atoms with E-state index in [1.807, 2.05) is 0 Å². The van der Waals surface area contributed by atoms with Gasteiger partial charge >= 0.3 is 6.09 Å². The molecule has 2 aromatic rings. The molecule has 0 bridgehead atoms. The zero-order valence-corrected chi connectivity index (χ0v) is 10.6. The number of rotatable bonds is 2. The minimum Gasteiger partial charge on any atom is -0.465 e. The molecule has 1 aliphatic rings. The summed E-state index contributed by atoms with van der Waals surface area (Å²) < 4.78 is 1.42. The number of aromatic amines is 1. The summed E-state index contributed by atoms with van der Waals surface area (Å²) in [6.45, 7) is 0.933. The van der Waals surface area contributed by atoms with Crippen molar-refractivity contribution < 1.29 is 9.90 Å². The SMILES string of the molecule is O=C(O)N1CCCC(Nc2n[nH]c(=O)c3ccnn23)C1. The molecule has 106 valence electrons. The monoisotopic (exact) mass is 278 g/mol. The van der Waals surface area contributed by atoms with E-state index in [1.54, 1.807) is 6.07 Å². The number of H-pyrrole nitrogens is 1. The largest absolute Gasteiger partial charge is 0.465 e. The normalized spacial score (nSPS) is 19.2. The summed E-state index contributed by atoms with van der Waals surface area (Å²) in [6.07, 6.45) is 2.22. The van der Waals surface area contributed by atoms with Crippen LogP contribution in [0.5, 0.6) is 0 Å². The van der Waals surface area contributed by atoms with E-state index in [9.17, 15) is 9.59 Å². The molecule has 0 spiro atoms. The molecule has 3 rings (SSSR count). The van der Waals surface area contributed by atoms with Crippen molar-refractivity contribution in [2.75, 3.05) is 18.4 Å². The van der Waals surface area contributed by atoms with Gasteiger partial charge in [-0.25, -0.2) is 9.89 Å². The topological polar surface area (TPSA) is 116 Å². The molecule has 0 saturated carbocycles. The predicted molar refractivity (Wildman–Crippen MR) is 69.9 cm³/mol. The molecule has 1 atom stereocenters. The summed E-state index contributed by atoms with van der Waals surface area (Å²) in [6, 6.07) is 1.54. The summed E-state index contributed by atoms with van der Waals surface area (Å²) in [5.41, 5.74) is 0.0808. The molecule has 0 radical (unpaired) electrons. The number of amides is 1. The molecular weight excluding hydrogens is 264 g/mol. The number of likely N-dealkylation sites (tertiary alicyclic amines) is 1. The molecule has 20 heavy (non-hydrogen) atoms. The van der Waals surface area contributed by atoms with Gasteiger partial charge in [0.05, 0.1) is 6.20 Å². The van der Waals surface area contributed by atoms with E-state index in [2.05, 4.69) is 20.6 Å². The maximum absolute atomic E-state index is 11.5. The molecule has 9 heteroatoms. The number of hydrogen-bond donors (Lipinski definition) is 3. The number of aromatic nitrogens is 4. The third-order valence-corrected chi connectivity index (χ3v) is 3.36. The first-order valence-corrected chi connectivity index (χ1v) is 6.32. The van der Waals surface area contributed by atoms with Gasteiger partial charge in [-0.3, -0.25) is 4.79 Å². The van der Waals surface area contributed by atoms with E-state index in [-0.39, 0.29) is 11.6 Å². The second kappa shape index (κ2) is 4.83. The van der Waals surface area contributed by atoms with Crippen LogP contribution < -0.4 is 10.9 Å². The van der Waals surface area contributed by atoms with Gasteiger partial charge in [-0.15, -0.1) is 5.10 Å². The van der Waals surface area contributed by atoms with Crippen molar-refractivity contribution in [2.24, 2.45) is 0 Å². The Balaban J connectivity index is 1.83. The Morgan fingerprint density at radius 1 is 1.55 bits per heavy atom. The van der Waals surface area contributed by atoms with Crippen LogP contribution in [0.15, 0.2) is 17.1 Å². The van der Waals surface area contributed by atoms with Crippen LogP contribution in [0, 0.1) is 0 Å².